The Labute approximate surface area is 225 Å². The maximum Gasteiger partial charge on any atom is 0.324 e. The SMILES string of the molecule is Cc1cc(P)c(N(C)C(=O)N2CC(C(C)(C)C)C(F)(F)C2)cc1-c1cc(N2CCOCC2)c2nccn2c1. The first kappa shape index (κ1) is 26.8. The van der Waals surface area contributed by atoms with Crippen molar-refractivity contribution in [3.63, 3.8) is 0 Å². The fraction of sp³-hybridized carbons (Fsp3) is 0.500. The highest BCUT2D eigenvalue weighted by Gasteiger charge is 2.54. The van der Waals surface area contributed by atoms with E-state index in [1.165, 1.54) is 9.80 Å². The summed E-state index contributed by atoms with van der Waals surface area (Å²) >= 11 is 0. The minimum atomic E-state index is -2.92. The number of ether oxygens (including phenoxy) is 1. The van der Waals surface area contributed by atoms with Crippen LogP contribution in [0.2, 0.25) is 0 Å². The molecule has 2 saturated heterocycles. The van der Waals surface area contributed by atoms with Crippen LogP contribution in [0.4, 0.5) is 25.0 Å². The van der Waals surface area contributed by atoms with Crippen LogP contribution in [0.25, 0.3) is 16.8 Å². The summed E-state index contributed by atoms with van der Waals surface area (Å²) in [5.74, 6) is -3.82. The first-order chi connectivity index (χ1) is 17.9. The smallest absolute Gasteiger partial charge is 0.324 e. The molecule has 5 rings (SSSR count). The molecule has 2 aliphatic rings. The molecule has 204 valence electrons. The molecule has 2 aliphatic heterocycles. The molecule has 2 fully saturated rings. The Balaban J connectivity index is 1.50. The van der Waals surface area contributed by atoms with Gasteiger partial charge in [0.15, 0.2) is 5.65 Å². The van der Waals surface area contributed by atoms with Crippen molar-refractivity contribution in [2.45, 2.75) is 33.6 Å². The average molecular weight is 544 g/mol. The number of morpholine rings is 1. The molecule has 7 nitrogen and oxygen atoms in total. The van der Waals surface area contributed by atoms with Crippen LogP contribution in [-0.2, 0) is 4.74 Å². The highest BCUT2D eigenvalue weighted by molar-refractivity contribution is 7.28. The zero-order chi connectivity index (χ0) is 27.4. The third kappa shape index (κ3) is 4.87. The Bertz CT molecular complexity index is 1360. The number of hydrogen-bond donors (Lipinski definition) is 0. The summed E-state index contributed by atoms with van der Waals surface area (Å²) in [4.78, 5) is 23.1. The predicted octanol–water partition coefficient (Wildman–Crippen LogP) is 4.82. The van der Waals surface area contributed by atoms with Gasteiger partial charge in [0.25, 0.3) is 5.92 Å². The Hall–Kier alpha value is -2.77. The second-order valence-corrected chi connectivity index (χ2v) is 12.1. The summed E-state index contributed by atoms with van der Waals surface area (Å²) in [6.07, 6.45) is 5.76. The van der Waals surface area contributed by atoms with Gasteiger partial charge in [-0.25, -0.2) is 18.6 Å². The molecule has 0 N–H and O–H groups in total. The van der Waals surface area contributed by atoms with Crippen LogP contribution >= 0.6 is 9.24 Å². The molecule has 0 bridgehead atoms. The number of carbonyl (C=O) groups excluding carboxylic acids is 1. The fourth-order valence-corrected chi connectivity index (χ4v) is 6.20. The third-order valence-corrected chi connectivity index (χ3v) is 8.25. The van der Waals surface area contributed by atoms with Crippen LogP contribution in [0, 0.1) is 18.3 Å². The van der Waals surface area contributed by atoms with Crippen LogP contribution in [0.1, 0.15) is 26.3 Å². The van der Waals surface area contributed by atoms with Crippen molar-refractivity contribution in [3.8, 4) is 11.1 Å². The summed E-state index contributed by atoms with van der Waals surface area (Å²) in [5, 5.41) is 0.831. The molecule has 0 radical (unpaired) electrons. The first-order valence-corrected chi connectivity index (χ1v) is 13.5. The number of likely N-dealkylation sites (tertiary alicyclic amines) is 1. The molecule has 4 heterocycles. The van der Waals surface area contributed by atoms with Crippen LogP contribution in [0.3, 0.4) is 0 Å². The molecule has 10 heteroatoms. The van der Waals surface area contributed by atoms with Crippen LogP contribution < -0.4 is 15.1 Å². The number of carbonyl (C=O) groups is 1. The molecule has 2 unspecified atom stereocenters. The number of benzene rings is 1. The number of aryl methyl sites for hydroxylation is 1. The molecule has 0 saturated carbocycles. The molecule has 3 aromatic rings. The van der Waals surface area contributed by atoms with Crippen molar-refractivity contribution in [2.75, 3.05) is 56.2 Å². The van der Waals surface area contributed by atoms with Gasteiger partial charge in [0.1, 0.15) is 0 Å². The highest BCUT2D eigenvalue weighted by Crippen LogP contribution is 2.44. The van der Waals surface area contributed by atoms with E-state index in [9.17, 15) is 13.6 Å². The minimum absolute atomic E-state index is 0.0325. The Kier molecular flexibility index (Phi) is 6.89. The number of nitrogens with zero attached hydrogens (tertiary/aromatic N) is 5. The number of imidazole rings is 1. The van der Waals surface area contributed by atoms with Gasteiger partial charge >= 0.3 is 6.03 Å². The van der Waals surface area contributed by atoms with Gasteiger partial charge in [0.2, 0.25) is 0 Å². The number of halogens is 2. The lowest BCUT2D eigenvalue weighted by Crippen LogP contribution is -2.42. The summed E-state index contributed by atoms with van der Waals surface area (Å²) in [6.45, 7) is 9.82. The molecule has 2 atom stereocenters. The molecule has 1 aromatic carbocycles. The Morgan fingerprint density at radius 3 is 2.58 bits per heavy atom. The van der Waals surface area contributed by atoms with Gasteiger partial charge in [0, 0.05) is 56.8 Å². The molecular weight excluding hydrogens is 507 g/mol. The normalized spacial score (nSPS) is 19.8. The van der Waals surface area contributed by atoms with Gasteiger partial charge in [0.05, 0.1) is 31.1 Å². The van der Waals surface area contributed by atoms with E-state index in [0.29, 0.717) is 18.9 Å². The van der Waals surface area contributed by atoms with E-state index in [4.69, 9.17) is 4.74 Å². The van der Waals surface area contributed by atoms with E-state index in [1.54, 1.807) is 34.0 Å². The highest BCUT2D eigenvalue weighted by atomic mass is 31.0. The Morgan fingerprint density at radius 2 is 1.92 bits per heavy atom. The second-order valence-electron chi connectivity index (χ2n) is 11.5. The number of urea groups is 1. The van der Waals surface area contributed by atoms with Crippen molar-refractivity contribution in [3.05, 3.63) is 42.4 Å². The van der Waals surface area contributed by atoms with E-state index in [1.807, 2.05) is 35.9 Å². The van der Waals surface area contributed by atoms with Gasteiger partial charge < -0.3 is 18.9 Å². The van der Waals surface area contributed by atoms with Crippen molar-refractivity contribution in [1.29, 1.82) is 0 Å². The maximum atomic E-state index is 14.9. The van der Waals surface area contributed by atoms with Crippen LogP contribution in [-0.4, -0.2) is 72.7 Å². The number of fused-ring (bicyclic) bond motifs is 1. The van der Waals surface area contributed by atoms with Gasteiger partial charge in [-0.3, -0.25) is 4.90 Å². The fourth-order valence-electron chi connectivity index (χ4n) is 5.67. The third-order valence-electron chi connectivity index (χ3n) is 7.78. The summed E-state index contributed by atoms with van der Waals surface area (Å²) in [7, 11) is 4.35. The number of amides is 2. The zero-order valence-electron chi connectivity index (χ0n) is 22.7. The second kappa shape index (κ2) is 9.76. The minimum Gasteiger partial charge on any atom is -0.378 e. The van der Waals surface area contributed by atoms with E-state index < -0.39 is 29.8 Å². The average Bonchev–Trinajstić information content (AvgIpc) is 3.46. The van der Waals surface area contributed by atoms with Gasteiger partial charge in [-0.1, -0.05) is 20.8 Å². The first-order valence-electron chi connectivity index (χ1n) is 13.0. The lowest BCUT2D eigenvalue weighted by atomic mass is 9.78. The van der Waals surface area contributed by atoms with Crippen molar-refractivity contribution >= 4 is 37.6 Å². The number of aromatic nitrogens is 2. The summed E-state index contributed by atoms with van der Waals surface area (Å²) < 4.78 is 37.3. The van der Waals surface area contributed by atoms with Crippen LogP contribution in [0.15, 0.2) is 36.8 Å². The molecule has 38 heavy (non-hydrogen) atoms. The van der Waals surface area contributed by atoms with E-state index in [-0.39, 0.29) is 6.54 Å². The number of alkyl halides is 2. The largest absolute Gasteiger partial charge is 0.378 e. The topological polar surface area (TPSA) is 53.3 Å². The van der Waals surface area contributed by atoms with Crippen LogP contribution in [0.5, 0.6) is 0 Å². The quantitative estimate of drug-likeness (QED) is 0.445. The van der Waals surface area contributed by atoms with Crippen molar-refractivity contribution in [2.24, 2.45) is 11.3 Å². The van der Waals surface area contributed by atoms with Gasteiger partial charge in [-0.05, 0) is 47.0 Å². The monoisotopic (exact) mass is 543 g/mol. The van der Waals surface area contributed by atoms with Crippen molar-refractivity contribution < 1.29 is 18.3 Å². The van der Waals surface area contributed by atoms with E-state index >= 15 is 0 Å². The van der Waals surface area contributed by atoms with E-state index in [0.717, 1.165) is 46.4 Å². The summed E-state index contributed by atoms with van der Waals surface area (Å²) in [6, 6.07) is 5.71. The number of pyridine rings is 1. The predicted molar refractivity (Wildman–Crippen MR) is 151 cm³/mol. The van der Waals surface area contributed by atoms with Crippen molar-refractivity contribution in [1.82, 2.24) is 14.3 Å². The molecule has 2 amide bonds. The van der Waals surface area contributed by atoms with E-state index in [2.05, 4.69) is 25.2 Å². The lowest BCUT2D eigenvalue weighted by Gasteiger charge is -2.30. The number of anilines is 2. The standard InChI is InChI=1S/C28H36F2N5O2P/c1-18-12-23(38)21(32(5)26(36)35-16-24(27(2,3)4)28(29,30)17-35)14-20(18)19-13-22(33-8-10-37-11-9-33)25-31-6-7-34(25)15-19/h6-7,12-15,24H,8-11,16-17,38H2,1-5H3. The molecule has 0 spiro atoms. The van der Waals surface area contributed by atoms with Gasteiger partial charge in [-0.2, -0.15) is 0 Å². The number of rotatable bonds is 3. The van der Waals surface area contributed by atoms with Gasteiger partial charge in [-0.15, -0.1) is 9.24 Å². The molecular formula is C28H36F2N5O2P. The molecule has 0 aliphatic carbocycles. The maximum absolute atomic E-state index is 14.9. The Morgan fingerprint density at radius 1 is 1.21 bits per heavy atom. The summed E-state index contributed by atoms with van der Waals surface area (Å²) in [5.41, 5.74) is 4.98. The zero-order valence-corrected chi connectivity index (χ0v) is 23.8. The number of hydrogen-bond acceptors (Lipinski definition) is 4. The molecule has 2 aromatic heterocycles. The lowest BCUT2D eigenvalue weighted by molar-refractivity contribution is -0.0618.